The molecule has 0 unspecified atom stereocenters. The van der Waals surface area contributed by atoms with Crippen LogP contribution in [0.1, 0.15) is 0 Å². The zero-order chi connectivity index (χ0) is 9.30. The third kappa shape index (κ3) is 1.84. The second-order valence-corrected chi connectivity index (χ2v) is 3.46. The van der Waals surface area contributed by atoms with Crippen LogP contribution in [0.2, 0.25) is 0 Å². The maximum atomic E-state index is 9.24. The molecule has 1 aliphatic rings. The van der Waals surface area contributed by atoms with Crippen LogP contribution in [0.4, 0.5) is 0 Å². The number of hydrogen-bond donors (Lipinski definition) is 3. The summed E-state index contributed by atoms with van der Waals surface area (Å²) in [6.07, 6.45) is -4.63. The molecule has 1 saturated heterocycles. The Balaban J connectivity index is 2.63. The first-order valence-corrected chi connectivity index (χ1v) is 4.44. The van der Waals surface area contributed by atoms with Gasteiger partial charge in [-0.15, -0.1) is 23.2 Å². The normalized spacial score (nSPS) is 49.2. The molecular formula is C6H10Cl2O4. The Bertz CT molecular complexity index is 152. The fourth-order valence-electron chi connectivity index (χ4n) is 1.03. The highest BCUT2D eigenvalue weighted by Gasteiger charge is 2.42. The van der Waals surface area contributed by atoms with Crippen molar-refractivity contribution < 1.29 is 20.1 Å². The Morgan fingerprint density at radius 2 is 1.75 bits per heavy atom. The van der Waals surface area contributed by atoms with E-state index < -0.39 is 30.0 Å². The summed E-state index contributed by atoms with van der Waals surface area (Å²) >= 11 is 11.1. The van der Waals surface area contributed by atoms with Crippen molar-refractivity contribution in [2.75, 3.05) is 5.88 Å². The zero-order valence-electron chi connectivity index (χ0n) is 6.10. The van der Waals surface area contributed by atoms with Crippen molar-refractivity contribution >= 4 is 23.2 Å². The molecule has 72 valence electrons. The van der Waals surface area contributed by atoms with E-state index in [1.807, 2.05) is 0 Å². The standard InChI is InChI=1S/C6H10Cl2O4/c7-1-2-3(8)4(9)5(10)6(11)12-2/h2-6,9-11H,1H2/t2-,3-,4+,5-,6+/m1/s1. The van der Waals surface area contributed by atoms with Crippen LogP contribution in [0.3, 0.4) is 0 Å². The van der Waals surface area contributed by atoms with Crippen LogP contribution >= 0.6 is 23.2 Å². The quantitative estimate of drug-likeness (QED) is 0.506. The first-order valence-electron chi connectivity index (χ1n) is 3.47. The van der Waals surface area contributed by atoms with Crippen LogP contribution in [0.25, 0.3) is 0 Å². The highest BCUT2D eigenvalue weighted by molar-refractivity contribution is 6.23. The second-order valence-electron chi connectivity index (χ2n) is 2.65. The summed E-state index contributed by atoms with van der Waals surface area (Å²) < 4.78 is 4.81. The van der Waals surface area contributed by atoms with Gasteiger partial charge >= 0.3 is 0 Å². The number of ether oxygens (including phenoxy) is 1. The number of rotatable bonds is 1. The van der Waals surface area contributed by atoms with Crippen molar-refractivity contribution in [3.05, 3.63) is 0 Å². The average molecular weight is 217 g/mol. The van der Waals surface area contributed by atoms with E-state index in [9.17, 15) is 5.11 Å². The van der Waals surface area contributed by atoms with Crippen LogP contribution in [-0.4, -0.2) is 51.2 Å². The van der Waals surface area contributed by atoms with Crippen LogP contribution < -0.4 is 0 Å². The second kappa shape index (κ2) is 4.09. The SMILES string of the molecule is O[C@@H]1[C@@H](O)[C@@H](O)O[C@H](CCl)[C@H]1Cl. The first-order chi connectivity index (χ1) is 5.57. The summed E-state index contributed by atoms with van der Waals surface area (Å²) in [6.45, 7) is 0. The topological polar surface area (TPSA) is 69.9 Å². The summed E-state index contributed by atoms with van der Waals surface area (Å²) in [5, 5.41) is 26.5. The molecule has 12 heavy (non-hydrogen) atoms. The van der Waals surface area contributed by atoms with Gasteiger partial charge in [0, 0.05) is 0 Å². The molecule has 0 aromatic heterocycles. The minimum atomic E-state index is -1.42. The molecule has 0 saturated carbocycles. The molecule has 1 aliphatic heterocycles. The van der Waals surface area contributed by atoms with Gasteiger partial charge in [-0.3, -0.25) is 0 Å². The maximum Gasteiger partial charge on any atom is 0.183 e. The highest BCUT2D eigenvalue weighted by Crippen LogP contribution is 2.24. The van der Waals surface area contributed by atoms with Gasteiger partial charge in [0.05, 0.1) is 17.4 Å². The van der Waals surface area contributed by atoms with Crippen molar-refractivity contribution in [2.24, 2.45) is 0 Å². The number of aliphatic hydroxyl groups excluding tert-OH is 3. The summed E-state index contributed by atoms with van der Waals surface area (Å²) in [5.74, 6) is 0.0645. The monoisotopic (exact) mass is 216 g/mol. The smallest absolute Gasteiger partial charge is 0.183 e. The lowest BCUT2D eigenvalue weighted by Crippen LogP contribution is -2.55. The van der Waals surface area contributed by atoms with Gasteiger partial charge in [0.25, 0.3) is 0 Å². The Kier molecular flexibility index (Phi) is 3.58. The predicted molar refractivity (Wildman–Crippen MR) is 43.3 cm³/mol. The highest BCUT2D eigenvalue weighted by atomic mass is 35.5. The fraction of sp³-hybridized carbons (Fsp3) is 1.00. The van der Waals surface area contributed by atoms with Gasteiger partial charge in [-0.1, -0.05) is 0 Å². The lowest BCUT2D eigenvalue weighted by Gasteiger charge is -2.37. The lowest BCUT2D eigenvalue weighted by atomic mass is 10.0. The molecule has 1 heterocycles. The van der Waals surface area contributed by atoms with E-state index in [4.69, 9.17) is 38.2 Å². The number of aliphatic hydroxyl groups is 3. The van der Waals surface area contributed by atoms with Crippen molar-refractivity contribution in [1.82, 2.24) is 0 Å². The van der Waals surface area contributed by atoms with E-state index in [1.165, 1.54) is 0 Å². The molecule has 3 N–H and O–H groups in total. The number of halogens is 2. The minimum absolute atomic E-state index is 0.0645. The molecule has 6 heteroatoms. The maximum absolute atomic E-state index is 9.24. The number of hydrogen-bond acceptors (Lipinski definition) is 4. The van der Waals surface area contributed by atoms with Crippen LogP contribution in [-0.2, 0) is 4.74 Å². The molecule has 1 fully saturated rings. The van der Waals surface area contributed by atoms with E-state index in [2.05, 4.69) is 0 Å². The van der Waals surface area contributed by atoms with Crippen molar-refractivity contribution in [3.8, 4) is 0 Å². The third-order valence-corrected chi connectivity index (χ3v) is 2.63. The Labute approximate surface area is 79.7 Å². The van der Waals surface area contributed by atoms with Crippen LogP contribution in [0.5, 0.6) is 0 Å². The van der Waals surface area contributed by atoms with Gasteiger partial charge in [-0.2, -0.15) is 0 Å². The molecule has 1 rings (SSSR count). The Morgan fingerprint density at radius 1 is 1.17 bits per heavy atom. The van der Waals surface area contributed by atoms with Gasteiger partial charge < -0.3 is 20.1 Å². The van der Waals surface area contributed by atoms with E-state index in [0.717, 1.165) is 0 Å². The molecule has 0 radical (unpaired) electrons. The Morgan fingerprint density at radius 3 is 2.25 bits per heavy atom. The summed E-state index contributed by atoms with van der Waals surface area (Å²) in [5.41, 5.74) is 0. The molecular weight excluding hydrogens is 207 g/mol. The van der Waals surface area contributed by atoms with Crippen LogP contribution in [0, 0.1) is 0 Å². The molecule has 4 nitrogen and oxygen atoms in total. The summed E-state index contributed by atoms with van der Waals surface area (Å²) in [6, 6.07) is 0. The van der Waals surface area contributed by atoms with E-state index in [-0.39, 0.29) is 5.88 Å². The van der Waals surface area contributed by atoms with Crippen molar-refractivity contribution in [2.45, 2.75) is 30.0 Å². The molecule has 0 aromatic carbocycles. The average Bonchev–Trinajstić information content (AvgIpc) is 2.08. The van der Waals surface area contributed by atoms with E-state index in [0.29, 0.717) is 0 Å². The van der Waals surface area contributed by atoms with Gasteiger partial charge in [0.15, 0.2) is 6.29 Å². The largest absolute Gasteiger partial charge is 0.389 e. The fourth-order valence-corrected chi connectivity index (χ4v) is 1.69. The van der Waals surface area contributed by atoms with Gasteiger partial charge in [-0.25, -0.2) is 0 Å². The van der Waals surface area contributed by atoms with E-state index in [1.54, 1.807) is 0 Å². The zero-order valence-corrected chi connectivity index (χ0v) is 7.61. The molecule has 0 aromatic rings. The Hall–Kier alpha value is 0.420. The minimum Gasteiger partial charge on any atom is -0.389 e. The molecule has 0 amide bonds. The van der Waals surface area contributed by atoms with Crippen LogP contribution in [0.15, 0.2) is 0 Å². The third-order valence-electron chi connectivity index (χ3n) is 1.79. The van der Waals surface area contributed by atoms with Crippen molar-refractivity contribution in [1.29, 1.82) is 0 Å². The molecule has 0 spiro atoms. The van der Waals surface area contributed by atoms with Gasteiger partial charge in [0.1, 0.15) is 12.2 Å². The predicted octanol–water partition coefficient (Wildman–Crippen LogP) is -0.728. The lowest BCUT2D eigenvalue weighted by molar-refractivity contribution is -0.239. The summed E-state index contributed by atoms with van der Waals surface area (Å²) in [4.78, 5) is 0. The number of alkyl halides is 2. The molecule has 0 bridgehead atoms. The van der Waals surface area contributed by atoms with Crippen molar-refractivity contribution in [3.63, 3.8) is 0 Å². The molecule has 0 aliphatic carbocycles. The molecule has 5 atom stereocenters. The van der Waals surface area contributed by atoms with Gasteiger partial charge in [0.2, 0.25) is 0 Å². The first kappa shape index (κ1) is 10.5. The van der Waals surface area contributed by atoms with Gasteiger partial charge in [-0.05, 0) is 0 Å². The summed E-state index contributed by atoms with van der Waals surface area (Å²) in [7, 11) is 0. The van der Waals surface area contributed by atoms with E-state index >= 15 is 0 Å².